The summed E-state index contributed by atoms with van der Waals surface area (Å²) in [4.78, 5) is 44.4. The summed E-state index contributed by atoms with van der Waals surface area (Å²) >= 11 is 0. The first kappa shape index (κ1) is 42.3. The zero-order valence-corrected chi connectivity index (χ0v) is 23.7. The van der Waals surface area contributed by atoms with E-state index in [2.05, 4.69) is 35.4 Å². The SMILES string of the molecule is C.C.[N-]=[N+]=NCCCOCC(COCCCN=[N+]=[N-])(COCCCN=[N+]=[N-])COCCCNC(=O)CCN1C(=O)C=CC1=O. The van der Waals surface area contributed by atoms with Crippen molar-refractivity contribution in [3.8, 4) is 0 Å². The van der Waals surface area contributed by atoms with Gasteiger partial charge in [0.2, 0.25) is 5.91 Å². The molecule has 0 aromatic heterocycles. The van der Waals surface area contributed by atoms with Crippen molar-refractivity contribution in [1.29, 1.82) is 0 Å². The van der Waals surface area contributed by atoms with Crippen molar-refractivity contribution >= 4 is 17.7 Å². The Balaban J connectivity index is 0. The number of azide groups is 3. The quantitative estimate of drug-likeness (QED) is 0.0456. The highest BCUT2D eigenvalue weighted by atomic mass is 16.5. The van der Waals surface area contributed by atoms with Crippen molar-refractivity contribution in [3.63, 3.8) is 0 Å². The normalized spacial score (nSPS) is 13.0. The van der Waals surface area contributed by atoms with Crippen molar-refractivity contribution in [2.45, 2.75) is 47.0 Å². The van der Waals surface area contributed by atoms with Crippen LogP contribution in [0.1, 0.15) is 47.0 Å². The molecule has 0 unspecified atom stereocenters. The molecule has 0 saturated carbocycles. The number of hydrogen-bond donors (Lipinski definition) is 1. The minimum Gasteiger partial charge on any atom is -0.381 e. The summed E-state index contributed by atoms with van der Waals surface area (Å²) in [6.07, 6.45) is 4.49. The lowest BCUT2D eigenvalue weighted by Crippen LogP contribution is -2.42. The van der Waals surface area contributed by atoms with Crippen molar-refractivity contribution in [2.24, 2.45) is 20.8 Å². The number of carbonyl (C=O) groups excluding carboxylic acids is 3. The fourth-order valence-electron chi connectivity index (χ4n) is 3.61. The zero-order valence-electron chi connectivity index (χ0n) is 23.7. The van der Waals surface area contributed by atoms with Gasteiger partial charge in [-0.05, 0) is 42.3 Å². The van der Waals surface area contributed by atoms with Crippen molar-refractivity contribution in [3.05, 3.63) is 43.5 Å². The van der Waals surface area contributed by atoms with Crippen LogP contribution < -0.4 is 5.32 Å². The van der Waals surface area contributed by atoms with Crippen LogP contribution in [0.25, 0.3) is 31.3 Å². The Morgan fingerprint density at radius 1 is 0.727 bits per heavy atom. The van der Waals surface area contributed by atoms with E-state index in [1.54, 1.807) is 0 Å². The lowest BCUT2D eigenvalue weighted by Gasteiger charge is -2.33. The standard InChI is InChI=1S/C24H39N11O7.2CH4/c25-32-29-9-2-14-40-18-24(19-41-15-3-10-30-33-26,20-42-16-4-11-31-34-27)17-39-13-1-8-28-21(36)7-12-35-22(37)5-6-23(35)38;;/h5-6H,1-4,7-20H2,(H,28,36);2*1H4. The van der Waals surface area contributed by atoms with E-state index in [-0.39, 0.29) is 60.2 Å². The molecular weight excluding hydrogens is 578 g/mol. The van der Waals surface area contributed by atoms with Gasteiger partial charge in [0.05, 0.1) is 31.8 Å². The van der Waals surface area contributed by atoms with Gasteiger partial charge in [-0.2, -0.15) is 0 Å². The Kier molecular flexibility index (Phi) is 26.8. The highest BCUT2D eigenvalue weighted by molar-refractivity contribution is 6.13. The summed E-state index contributed by atoms with van der Waals surface area (Å²) in [5.41, 5.74) is 24.6. The summed E-state index contributed by atoms with van der Waals surface area (Å²) in [5.74, 6) is -1.14. The monoisotopic (exact) mass is 625 g/mol. The molecule has 0 bridgehead atoms. The van der Waals surface area contributed by atoms with Gasteiger partial charge >= 0.3 is 0 Å². The van der Waals surface area contributed by atoms with E-state index in [1.807, 2.05) is 0 Å². The van der Waals surface area contributed by atoms with Gasteiger partial charge in [0, 0.05) is 92.5 Å². The van der Waals surface area contributed by atoms with Crippen LogP contribution in [-0.2, 0) is 33.3 Å². The predicted octanol–water partition coefficient (Wildman–Crippen LogP) is 4.23. The maximum atomic E-state index is 12.1. The molecule has 44 heavy (non-hydrogen) atoms. The molecule has 3 amide bonds. The molecule has 1 N–H and O–H groups in total. The maximum Gasteiger partial charge on any atom is 0.253 e. The van der Waals surface area contributed by atoms with Gasteiger partial charge in [0.25, 0.3) is 11.8 Å². The Bertz CT molecular complexity index is 921. The molecule has 0 atom stereocenters. The molecule has 0 saturated heterocycles. The number of nitrogens with one attached hydrogen (secondary N) is 1. The largest absolute Gasteiger partial charge is 0.381 e. The van der Waals surface area contributed by atoms with Crippen LogP contribution in [0.3, 0.4) is 0 Å². The Morgan fingerprint density at radius 2 is 1.11 bits per heavy atom. The van der Waals surface area contributed by atoms with Crippen LogP contribution in [0.5, 0.6) is 0 Å². The molecule has 1 aliphatic rings. The number of hydrogen-bond acceptors (Lipinski definition) is 10. The number of rotatable bonds is 27. The molecule has 0 aromatic rings. The van der Waals surface area contributed by atoms with Gasteiger partial charge in [-0.15, -0.1) is 0 Å². The smallest absolute Gasteiger partial charge is 0.253 e. The summed E-state index contributed by atoms with van der Waals surface area (Å²) < 4.78 is 23.5. The zero-order chi connectivity index (χ0) is 30.7. The fourth-order valence-corrected chi connectivity index (χ4v) is 3.61. The second kappa shape index (κ2) is 27.9. The Morgan fingerprint density at radius 3 is 1.50 bits per heavy atom. The number of carbonyl (C=O) groups is 3. The van der Waals surface area contributed by atoms with E-state index in [9.17, 15) is 14.4 Å². The van der Waals surface area contributed by atoms with Crippen LogP contribution in [0, 0.1) is 5.41 Å². The predicted molar refractivity (Wildman–Crippen MR) is 163 cm³/mol. The molecule has 1 aliphatic heterocycles. The molecule has 1 rings (SSSR count). The first-order valence-corrected chi connectivity index (χ1v) is 13.6. The van der Waals surface area contributed by atoms with Gasteiger partial charge < -0.3 is 24.3 Å². The summed E-state index contributed by atoms with van der Waals surface area (Å²) in [6.45, 7) is 3.56. The van der Waals surface area contributed by atoms with Gasteiger partial charge in [-0.3, -0.25) is 19.3 Å². The van der Waals surface area contributed by atoms with Gasteiger partial charge in [-0.1, -0.05) is 30.2 Å². The highest BCUT2D eigenvalue weighted by Crippen LogP contribution is 2.21. The molecule has 0 radical (unpaired) electrons. The van der Waals surface area contributed by atoms with E-state index >= 15 is 0 Å². The molecule has 18 nitrogen and oxygen atoms in total. The molecule has 18 heteroatoms. The van der Waals surface area contributed by atoms with Crippen molar-refractivity contribution in [2.75, 3.05) is 85.6 Å². The maximum absolute atomic E-state index is 12.1. The topological polar surface area (TPSA) is 250 Å². The molecule has 0 spiro atoms. The third kappa shape index (κ3) is 20.1. The molecule has 0 aliphatic carbocycles. The van der Waals surface area contributed by atoms with Gasteiger partial charge in [0.15, 0.2) is 0 Å². The molecule has 1 heterocycles. The summed E-state index contributed by atoms with van der Waals surface area (Å²) in [7, 11) is 0. The molecular formula is C26H47N11O7. The first-order valence-electron chi connectivity index (χ1n) is 13.6. The molecule has 0 fully saturated rings. The fraction of sp³-hybridized carbons (Fsp3) is 0.808. The second-order valence-corrected chi connectivity index (χ2v) is 9.25. The molecule has 0 aromatic carbocycles. The number of ether oxygens (including phenoxy) is 4. The number of amides is 3. The third-order valence-corrected chi connectivity index (χ3v) is 5.71. The lowest BCUT2D eigenvalue weighted by atomic mass is 9.92. The average molecular weight is 626 g/mol. The van der Waals surface area contributed by atoms with Crippen LogP contribution in [-0.4, -0.2) is 108 Å². The first-order chi connectivity index (χ1) is 20.5. The minimum atomic E-state index is -0.693. The van der Waals surface area contributed by atoms with Gasteiger partial charge in [-0.25, -0.2) is 0 Å². The lowest BCUT2D eigenvalue weighted by molar-refractivity contribution is -0.137. The van der Waals surface area contributed by atoms with E-state index in [0.29, 0.717) is 78.3 Å². The summed E-state index contributed by atoms with van der Waals surface area (Å²) in [6, 6.07) is 0. The average Bonchev–Trinajstić information content (AvgIpc) is 3.31. The van der Waals surface area contributed by atoms with E-state index in [1.165, 1.54) is 12.2 Å². The van der Waals surface area contributed by atoms with Crippen LogP contribution >= 0.6 is 0 Å². The van der Waals surface area contributed by atoms with Crippen LogP contribution in [0.4, 0.5) is 0 Å². The number of imide groups is 1. The number of nitrogens with zero attached hydrogens (tertiary/aromatic N) is 10. The van der Waals surface area contributed by atoms with Crippen molar-refractivity contribution in [1.82, 2.24) is 10.2 Å². The third-order valence-electron chi connectivity index (χ3n) is 5.71. The minimum absolute atomic E-state index is 0. The Hall–Kier alpha value is -3.88. The van der Waals surface area contributed by atoms with E-state index in [4.69, 9.17) is 35.5 Å². The van der Waals surface area contributed by atoms with E-state index < -0.39 is 17.2 Å². The summed E-state index contributed by atoms with van der Waals surface area (Å²) in [5, 5.41) is 13.2. The van der Waals surface area contributed by atoms with Crippen LogP contribution in [0.2, 0.25) is 0 Å². The van der Waals surface area contributed by atoms with E-state index in [0.717, 1.165) is 4.90 Å². The Labute approximate surface area is 258 Å². The second-order valence-electron chi connectivity index (χ2n) is 9.25. The molecule has 248 valence electrons. The highest BCUT2D eigenvalue weighted by Gasteiger charge is 2.32. The van der Waals surface area contributed by atoms with Gasteiger partial charge in [0.1, 0.15) is 0 Å². The van der Waals surface area contributed by atoms with Crippen molar-refractivity contribution < 1.29 is 33.3 Å². The van der Waals surface area contributed by atoms with Crippen LogP contribution in [0.15, 0.2) is 27.5 Å².